The molecule has 0 aliphatic heterocycles. The van der Waals surface area contributed by atoms with Gasteiger partial charge in [0.25, 0.3) is 5.91 Å². The van der Waals surface area contributed by atoms with Crippen molar-refractivity contribution >= 4 is 5.91 Å². The first-order valence-electron chi connectivity index (χ1n) is 8.25. The highest BCUT2D eigenvalue weighted by atomic mass is 16.1. The summed E-state index contributed by atoms with van der Waals surface area (Å²) in [6.45, 7) is 1.46. The van der Waals surface area contributed by atoms with Gasteiger partial charge in [0.2, 0.25) is 0 Å². The van der Waals surface area contributed by atoms with Crippen molar-refractivity contribution in [3.8, 4) is 11.3 Å². The van der Waals surface area contributed by atoms with E-state index in [0.29, 0.717) is 12.1 Å². The second-order valence-corrected chi connectivity index (χ2v) is 6.34. The van der Waals surface area contributed by atoms with E-state index in [0.717, 1.165) is 30.6 Å². The molecule has 1 aliphatic carbocycles. The average Bonchev–Trinajstić information content (AvgIpc) is 2.98. The number of fused-ring (bicyclic) bond motifs is 1. The Morgan fingerprint density at radius 1 is 1.26 bits per heavy atom. The second kappa shape index (κ2) is 6.96. The molecule has 0 radical (unpaired) electrons. The minimum Gasteiger partial charge on any atom is -0.351 e. The Bertz CT molecular complexity index is 690. The van der Waals surface area contributed by atoms with Gasteiger partial charge in [-0.15, -0.1) is 0 Å². The number of rotatable bonds is 5. The number of hydrogen-bond donors (Lipinski definition) is 2. The zero-order valence-corrected chi connectivity index (χ0v) is 13.9. The average molecular weight is 312 g/mol. The van der Waals surface area contributed by atoms with Crippen LogP contribution in [0.5, 0.6) is 0 Å². The lowest BCUT2D eigenvalue weighted by Crippen LogP contribution is -2.31. The minimum absolute atomic E-state index is 0.0324. The van der Waals surface area contributed by atoms with E-state index in [-0.39, 0.29) is 5.91 Å². The molecule has 5 nitrogen and oxygen atoms in total. The molecule has 0 spiro atoms. The second-order valence-electron chi connectivity index (χ2n) is 6.34. The zero-order valence-electron chi connectivity index (χ0n) is 13.9. The number of nitrogens with one attached hydrogen (secondary N) is 2. The van der Waals surface area contributed by atoms with E-state index in [1.165, 1.54) is 24.1 Å². The number of H-pyrrole nitrogens is 1. The van der Waals surface area contributed by atoms with E-state index >= 15 is 0 Å². The first-order chi connectivity index (χ1) is 11.2. The SMILES string of the molecule is CN(C)CCNC(=O)c1ccccc1-c1n[nH]c2c1CCCC2. The van der Waals surface area contributed by atoms with Crippen molar-refractivity contribution in [1.29, 1.82) is 0 Å². The summed E-state index contributed by atoms with van der Waals surface area (Å²) in [5.74, 6) is -0.0324. The molecule has 0 saturated carbocycles. The van der Waals surface area contributed by atoms with Crippen LogP contribution < -0.4 is 5.32 Å². The van der Waals surface area contributed by atoms with Gasteiger partial charge in [-0.2, -0.15) is 5.10 Å². The lowest BCUT2D eigenvalue weighted by atomic mass is 9.92. The molecule has 0 atom stereocenters. The molecular weight excluding hydrogens is 288 g/mol. The fourth-order valence-corrected chi connectivity index (χ4v) is 3.08. The summed E-state index contributed by atoms with van der Waals surface area (Å²) in [5.41, 5.74) is 5.08. The molecule has 1 aromatic carbocycles. The summed E-state index contributed by atoms with van der Waals surface area (Å²) in [4.78, 5) is 14.6. The number of nitrogens with zero attached hydrogens (tertiary/aromatic N) is 2. The Kier molecular flexibility index (Phi) is 4.76. The largest absolute Gasteiger partial charge is 0.351 e. The first-order valence-corrected chi connectivity index (χ1v) is 8.25. The number of carbonyl (C=O) groups excluding carboxylic acids is 1. The van der Waals surface area contributed by atoms with Crippen molar-refractivity contribution in [2.24, 2.45) is 0 Å². The number of hydrogen-bond acceptors (Lipinski definition) is 3. The summed E-state index contributed by atoms with van der Waals surface area (Å²) in [6.07, 6.45) is 4.50. The highest BCUT2D eigenvalue weighted by molar-refractivity contribution is 6.00. The van der Waals surface area contributed by atoms with E-state index in [2.05, 4.69) is 20.4 Å². The third-order valence-electron chi connectivity index (χ3n) is 4.33. The Morgan fingerprint density at radius 3 is 2.87 bits per heavy atom. The highest BCUT2D eigenvalue weighted by Crippen LogP contribution is 2.31. The van der Waals surface area contributed by atoms with E-state index in [9.17, 15) is 4.79 Å². The highest BCUT2D eigenvalue weighted by Gasteiger charge is 2.21. The number of carbonyl (C=O) groups is 1. The van der Waals surface area contributed by atoms with Gasteiger partial charge < -0.3 is 10.2 Å². The van der Waals surface area contributed by atoms with E-state index in [4.69, 9.17) is 0 Å². The van der Waals surface area contributed by atoms with Gasteiger partial charge >= 0.3 is 0 Å². The van der Waals surface area contributed by atoms with E-state index in [1.54, 1.807) is 0 Å². The number of likely N-dealkylation sites (N-methyl/N-ethyl adjacent to an activating group) is 1. The molecule has 2 N–H and O–H groups in total. The lowest BCUT2D eigenvalue weighted by Gasteiger charge is -2.14. The van der Waals surface area contributed by atoms with Crippen molar-refractivity contribution in [3.05, 3.63) is 41.1 Å². The predicted octanol–water partition coefficient (Wildman–Crippen LogP) is 2.25. The predicted molar refractivity (Wildman–Crippen MR) is 91.6 cm³/mol. The number of aryl methyl sites for hydroxylation is 1. The van der Waals surface area contributed by atoms with Gasteiger partial charge in [0, 0.05) is 35.5 Å². The summed E-state index contributed by atoms with van der Waals surface area (Å²) < 4.78 is 0. The Hall–Kier alpha value is -2.14. The van der Waals surface area contributed by atoms with Crippen LogP contribution in [0.25, 0.3) is 11.3 Å². The lowest BCUT2D eigenvalue weighted by molar-refractivity contribution is 0.0951. The number of aromatic nitrogens is 2. The van der Waals surface area contributed by atoms with Crippen LogP contribution in [0.15, 0.2) is 24.3 Å². The fraction of sp³-hybridized carbons (Fsp3) is 0.444. The van der Waals surface area contributed by atoms with Crippen LogP contribution >= 0.6 is 0 Å². The minimum atomic E-state index is -0.0324. The Labute approximate surface area is 137 Å². The quantitative estimate of drug-likeness (QED) is 0.890. The summed E-state index contributed by atoms with van der Waals surface area (Å²) in [5, 5.41) is 10.7. The normalized spacial score (nSPS) is 13.9. The van der Waals surface area contributed by atoms with Gasteiger partial charge in [0.1, 0.15) is 0 Å². The van der Waals surface area contributed by atoms with Gasteiger partial charge in [-0.1, -0.05) is 18.2 Å². The standard InChI is InChI=1S/C18H24N4O/c1-22(2)12-11-19-18(23)14-8-4-3-7-13(14)17-15-9-5-6-10-16(15)20-21-17/h3-4,7-8H,5-6,9-12H2,1-2H3,(H,19,23)(H,20,21). The van der Waals surface area contributed by atoms with Crippen LogP contribution in [-0.4, -0.2) is 48.2 Å². The van der Waals surface area contributed by atoms with Crippen LogP contribution in [0.3, 0.4) is 0 Å². The molecule has 1 amide bonds. The van der Waals surface area contributed by atoms with Crippen molar-refractivity contribution in [3.63, 3.8) is 0 Å². The van der Waals surface area contributed by atoms with Gasteiger partial charge in [0.15, 0.2) is 0 Å². The maximum absolute atomic E-state index is 12.5. The summed E-state index contributed by atoms with van der Waals surface area (Å²) in [6, 6.07) is 7.75. The fourth-order valence-electron chi connectivity index (χ4n) is 3.08. The first kappa shape index (κ1) is 15.7. The molecule has 0 bridgehead atoms. The molecule has 1 heterocycles. The van der Waals surface area contributed by atoms with Crippen molar-refractivity contribution in [2.75, 3.05) is 27.2 Å². The van der Waals surface area contributed by atoms with Crippen LogP contribution in [-0.2, 0) is 12.8 Å². The van der Waals surface area contributed by atoms with Crippen molar-refractivity contribution in [2.45, 2.75) is 25.7 Å². The molecule has 122 valence electrons. The molecule has 5 heteroatoms. The maximum atomic E-state index is 12.5. The molecule has 23 heavy (non-hydrogen) atoms. The zero-order chi connectivity index (χ0) is 16.2. The number of amides is 1. The van der Waals surface area contributed by atoms with Gasteiger partial charge in [-0.25, -0.2) is 0 Å². The summed E-state index contributed by atoms with van der Waals surface area (Å²) >= 11 is 0. The molecule has 0 unspecified atom stereocenters. The van der Waals surface area contributed by atoms with E-state index < -0.39 is 0 Å². The van der Waals surface area contributed by atoms with Gasteiger partial charge in [-0.05, 0) is 45.8 Å². The molecule has 1 aliphatic rings. The number of benzene rings is 1. The monoisotopic (exact) mass is 312 g/mol. The van der Waals surface area contributed by atoms with Crippen molar-refractivity contribution < 1.29 is 4.79 Å². The Morgan fingerprint density at radius 2 is 2.04 bits per heavy atom. The van der Waals surface area contributed by atoms with Crippen LogP contribution in [0.1, 0.15) is 34.5 Å². The molecule has 1 aromatic heterocycles. The molecule has 2 aromatic rings. The number of aromatic amines is 1. The third kappa shape index (κ3) is 3.45. The molecule has 0 saturated heterocycles. The van der Waals surface area contributed by atoms with Crippen LogP contribution in [0.2, 0.25) is 0 Å². The topological polar surface area (TPSA) is 61.0 Å². The van der Waals surface area contributed by atoms with Crippen molar-refractivity contribution in [1.82, 2.24) is 20.4 Å². The molecular formula is C18H24N4O. The van der Waals surface area contributed by atoms with Gasteiger partial charge in [-0.3, -0.25) is 9.89 Å². The smallest absolute Gasteiger partial charge is 0.252 e. The maximum Gasteiger partial charge on any atom is 0.252 e. The molecule has 3 rings (SSSR count). The van der Waals surface area contributed by atoms with E-state index in [1.807, 2.05) is 38.4 Å². The summed E-state index contributed by atoms with van der Waals surface area (Å²) in [7, 11) is 3.99. The van der Waals surface area contributed by atoms with Crippen LogP contribution in [0.4, 0.5) is 0 Å². The van der Waals surface area contributed by atoms with Gasteiger partial charge in [0.05, 0.1) is 5.69 Å². The Balaban J connectivity index is 1.86. The molecule has 0 fully saturated rings. The van der Waals surface area contributed by atoms with Crippen LogP contribution in [0, 0.1) is 0 Å². The third-order valence-corrected chi connectivity index (χ3v) is 4.33.